The lowest BCUT2D eigenvalue weighted by Gasteiger charge is -2.32. The third kappa shape index (κ3) is 2.69. The Morgan fingerprint density at radius 1 is 1.35 bits per heavy atom. The first-order chi connectivity index (χ1) is 8.11. The highest BCUT2D eigenvalue weighted by Gasteiger charge is 2.22. The molecule has 0 aliphatic carbocycles. The molecule has 1 aromatic heterocycles. The minimum atomic E-state index is 0.214. The zero-order chi connectivity index (χ0) is 12.4. The molecular formula is C13H20N2OS. The van der Waals surface area contributed by atoms with Crippen LogP contribution in [0.4, 0.5) is 0 Å². The molecule has 3 nitrogen and oxygen atoms in total. The minimum Gasteiger partial charge on any atom is -0.335 e. The maximum atomic E-state index is 12.3. The smallest absolute Gasteiger partial charge is 0.264 e. The average molecular weight is 252 g/mol. The zero-order valence-electron chi connectivity index (χ0n) is 10.8. The van der Waals surface area contributed by atoms with Crippen molar-refractivity contribution in [3.05, 3.63) is 21.4 Å². The Morgan fingerprint density at radius 3 is 2.53 bits per heavy atom. The van der Waals surface area contributed by atoms with Gasteiger partial charge in [0, 0.05) is 31.1 Å². The molecule has 1 aromatic rings. The molecule has 4 heteroatoms. The minimum absolute atomic E-state index is 0.214. The Hall–Kier alpha value is -0.870. The predicted molar refractivity (Wildman–Crippen MR) is 71.8 cm³/mol. The summed E-state index contributed by atoms with van der Waals surface area (Å²) in [7, 11) is 2.10. The van der Waals surface area contributed by atoms with Crippen molar-refractivity contribution in [3.8, 4) is 0 Å². The van der Waals surface area contributed by atoms with Crippen LogP contribution in [0.25, 0.3) is 0 Å². The van der Waals surface area contributed by atoms with E-state index in [9.17, 15) is 4.79 Å². The van der Waals surface area contributed by atoms with Crippen LogP contribution in [0.5, 0.6) is 0 Å². The molecule has 17 heavy (non-hydrogen) atoms. The quantitative estimate of drug-likeness (QED) is 0.804. The fraction of sp³-hybridized carbons (Fsp3) is 0.615. The van der Waals surface area contributed by atoms with E-state index in [2.05, 4.69) is 25.8 Å². The molecule has 0 radical (unpaired) electrons. The number of amides is 1. The molecule has 1 saturated heterocycles. The fourth-order valence-electron chi connectivity index (χ4n) is 2.14. The van der Waals surface area contributed by atoms with Gasteiger partial charge in [-0.1, -0.05) is 6.92 Å². The van der Waals surface area contributed by atoms with Gasteiger partial charge in [0.2, 0.25) is 0 Å². The van der Waals surface area contributed by atoms with Gasteiger partial charge >= 0.3 is 0 Å². The van der Waals surface area contributed by atoms with Crippen LogP contribution < -0.4 is 0 Å². The average Bonchev–Trinajstić information content (AvgIpc) is 2.70. The van der Waals surface area contributed by atoms with E-state index in [1.54, 1.807) is 11.3 Å². The maximum absolute atomic E-state index is 12.3. The number of aryl methyl sites for hydroxylation is 2. The molecule has 0 N–H and O–H groups in total. The molecule has 2 rings (SSSR count). The summed E-state index contributed by atoms with van der Waals surface area (Å²) in [5, 5.41) is 0. The van der Waals surface area contributed by atoms with Gasteiger partial charge in [-0.3, -0.25) is 4.79 Å². The largest absolute Gasteiger partial charge is 0.335 e. The number of nitrogens with zero attached hydrogens (tertiary/aromatic N) is 2. The fourth-order valence-corrected chi connectivity index (χ4v) is 3.22. The van der Waals surface area contributed by atoms with Crippen LogP contribution in [-0.2, 0) is 6.42 Å². The predicted octanol–water partition coefficient (Wildman–Crippen LogP) is 2.01. The molecule has 1 fully saturated rings. The van der Waals surface area contributed by atoms with Gasteiger partial charge in [0.1, 0.15) is 0 Å². The van der Waals surface area contributed by atoms with Crippen molar-refractivity contribution in [1.82, 2.24) is 9.80 Å². The van der Waals surface area contributed by atoms with Crippen molar-refractivity contribution < 1.29 is 4.79 Å². The van der Waals surface area contributed by atoms with Crippen molar-refractivity contribution in [2.45, 2.75) is 20.3 Å². The Balaban J connectivity index is 2.08. The SMILES string of the molecule is CCc1sc(C(=O)N2CCN(C)CC2)cc1C. The second kappa shape index (κ2) is 5.19. The van der Waals surface area contributed by atoms with Crippen LogP contribution >= 0.6 is 11.3 Å². The van der Waals surface area contributed by atoms with E-state index in [0.29, 0.717) is 0 Å². The van der Waals surface area contributed by atoms with Gasteiger partial charge in [-0.15, -0.1) is 11.3 Å². The number of likely N-dealkylation sites (N-methyl/N-ethyl adjacent to an activating group) is 1. The summed E-state index contributed by atoms with van der Waals surface area (Å²) < 4.78 is 0. The number of hydrogen-bond donors (Lipinski definition) is 0. The van der Waals surface area contributed by atoms with Crippen LogP contribution in [0.15, 0.2) is 6.07 Å². The first-order valence-electron chi connectivity index (χ1n) is 6.19. The van der Waals surface area contributed by atoms with Crippen molar-refractivity contribution >= 4 is 17.2 Å². The van der Waals surface area contributed by atoms with Crippen LogP contribution in [-0.4, -0.2) is 48.9 Å². The Labute approximate surface area is 107 Å². The number of rotatable bonds is 2. The summed E-state index contributed by atoms with van der Waals surface area (Å²) in [5.74, 6) is 0.214. The van der Waals surface area contributed by atoms with Crippen LogP contribution in [0, 0.1) is 6.92 Å². The van der Waals surface area contributed by atoms with Crippen LogP contribution in [0.3, 0.4) is 0 Å². The van der Waals surface area contributed by atoms with E-state index in [-0.39, 0.29) is 5.91 Å². The first-order valence-corrected chi connectivity index (χ1v) is 7.00. The lowest BCUT2D eigenvalue weighted by atomic mass is 10.2. The van der Waals surface area contributed by atoms with Gasteiger partial charge < -0.3 is 9.80 Å². The first kappa shape index (κ1) is 12.6. The van der Waals surface area contributed by atoms with E-state index < -0.39 is 0 Å². The van der Waals surface area contributed by atoms with Crippen molar-refractivity contribution in [1.29, 1.82) is 0 Å². The summed E-state index contributed by atoms with van der Waals surface area (Å²) in [4.78, 5) is 18.8. The molecule has 1 amide bonds. The topological polar surface area (TPSA) is 23.6 Å². The van der Waals surface area contributed by atoms with E-state index >= 15 is 0 Å². The molecule has 1 aliphatic heterocycles. The lowest BCUT2D eigenvalue weighted by Crippen LogP contribution is -2.46. The Morgan fingerprint density at radius 2 is 2.00 bits per heavy atom. The highest BCUT2D eigenvalue weighted by molar-refractivity contribution is 7.14. The number of carbonyl (C=O) groups is 1. The summed E-state index contributed by atoms with van der Waals surface area (Å²) >= 11 is 1.66. The molecule has 0 saturated carbocycles. The third-order valence-corrected chi connectivity index (χ3v) is 4.71. The van der Waals surface area contributed by atoms with E-state index in [1.165, 1.54) is 10.4 Å². The molecule has 0 bridgehead atoms. The Bertz CT molecular complexity index is 406. The number of piperazine rings is 1. The summed E-state index contributed by atoms with van der Waals surface area (Å²) in [6.07, 6.45) is 1.02. The maximum Gasteiger partial charge on any atom is 0.264 e. The van der Waals surface area contributed by atoms with Crippen molar-refractivity contribution in [2.24, 2.45) is 0 Å². The summed E-state index contributed by atoms with van der Waals surface area (Å²) in [6.45, 7) is 7.91. The number of thiophene rings is 1. The molecule has 0 aromatic carbocycles. The van der Waals surface area contributed by atoms with Crippen LogP contribution in [0.1, 0.15) is 27.0 Å². The molecule has 2 heterocycles. The number of carbonyl (C=O) groups excluding carboxylic acids is 1. The molecule has 1 aliphatic rings. The third-order valence-electron chi connectivity index (χ3n) is 3.34. The highest BCUT2D eigenvalue weighted by atomic mass is 32.1. The van der Waals surface area contributed by atoms with Gasteiger partial charge in [0.15, 0.2) is 0 Å². The molecule has 0 atom stereocenters. The standard InChI is InChI=1S/C13H20N2OS/c1-4-11-10(2)9-12(17-11)13(16)15-7-5-14(3)6-8-15/h9H,4-8H2,1-3H3. The van der Waals surface area contributed by atoms with E-state index in [0.717, 1.165) is 37.5 Å². The molecule has 94 valence electrons. The monoisotopic (exact) mass is 252 g/mol. The second-order valence-corrected chi connectivity index (χ2v) is 5.80. The van der Waals surface area contributed by atoms with Gasteiger partial charge in [0.25, 0.3) is 5.91 Å². The summed E-state index contributed by atoms with van der Waals surface area (Å²) in [6, 6.07) is 2.05. The van der Waals surface area contributed by atoms with Gasteiger partial charge in [-0.2, -0.15) is 0 Å². The van der Waals surface area contributed by atoms with Crippen molar-refractivity contribution in [2.75, 3.05) is 33.2 Å². The normalized spacial score (nSPS) is 17.5. The summed E-state index contributed by atoms with van der Waals surface area (Å²) in [5.41, 5.74) is 1.26. The van der Waals surface area contributed by atoms with Gasteiger partial charge in [-0.05, 0) is 32.0 Å². The molecular weight excluding hydrogens is 232 g/mol. The van der Waals surface area contributed by atoms with Gasteiger partial charge in [-0.25, -0.2) is 0 Å². The highest BCUT2D eigenvalue weighted by Crippen LogP contribution is 2.24. The molecule has 0 unspecified atom stereocenters. The molecule has 0 spiro atoms. The van der Waals surface area contributed by atoms with E-state index in [4.69, 9.17) is 0 Å². The lowest BCUT2D eigenvalue weighted by molar-refractivity contribution is 0.0669. The van der Waals surface area contributed by atoms with Crippen LogP contribution in [0.2, 0.25) is 0 Å². The Kier molecular flexibility index (Phi) is 3.84. The second-order valence-electron chi connectivity index (χ2n) is 4.67. The van der Waals surface area contributed by atoms with Crippen molar-refractivity contribution in [3.63, 3.8) is 0 Å². The van der Waals surface area contributed by atoms with E-state index in [1.807, 2.05) is 11.0 Å². The van der Waals surface area contributed by atoms with Gasteiger partial charge in [0.05, 0.1) is 4.88 Å². The number of hydrogen-bond acceptors (Lipinski definition) is 3. The zero-order valence-corrected chi connectivity index (χ0v) is 11.6.